The molecule has 4 heterocycles. The first-order valence-corrected chi connectivity index (χ1v) is 23.6. The van der Waals surface area contributed by atoms with Crippen molar-refractivity contribution in [3.63, 3.8) is 0 Å². The summed E-state index contributed by atoms with van der Waals surface area (Å²) in [4.78, 5) is 2.47. The molecule has 14 rings (SSSR count). The molecular formula is C60H36N2OS2. The highest BCUT2D eigenvalue weighted by atomic mass is 32.1. The molecule has 5 heteroatoms. The van der Waals surface area contributed by atoms with Crippen molar-refractivity contribution in [1.29, 1.82) is 0 Å². The summed E-state index contributed by atoms with van der Waals surface area (Å²) in [6.45, 7) is 0. The van der Waals surface area contributed by atoms with E-state index in [1.165, 1.54) is 73.3 Å². The molecule has 0 bridgehead atoms. The number of furan rings is 1. The number of benzene rings is 10. The molecule has 0 aliphatic carbocycles. The largest absolute Gasteiger partial charge is 0.455 e. The van der Waals surface area contributed by atoms with E-state index in [2.05, 4.69) is 228 Å². The topological polar surface area (TPSA) is 21.3 Å². The van der Waals surface area contributed by atoms with Gasteiger partial charge in [-0.2, -0.15) is 0 Å². The summed E-state index contributed by atoms with van der Waals surface area (Å²) in [7, 11) is 0. The Labute approximate surface area is 381 Å². The molecule has 0 radical (unpaired) electrons. The van der Waals surface area contributed by atoms with Crippen LogP contribution in [0.3, 0.4) is 0 Å². The normalized spacial score (nSPS) is 12.0. The lowest BCUT2D eigenvalue weighted by Crippen LogP contribution is -2.11. The van der Waals surface area contributed by atoms with Gasteiger partial charge in [0.1, 0.15) is 11.2 Å². The zero-order valence-electron chi connectivity index (χ0n) is 34.9. The van der Waals surface area contributed by atoms with Gasteiger partial charge >= 0.3 is 0 Å². The zero-order chi connectivity index (χ0) is 42.6. The standard InChI is InChI=1S/C60H36N2OS2/c1-6-23-49-43(16-1)44-17-2-7-24-50(44)62(49)40-15-11-14-38(36-40)41-34-35-52(58-47-19-3-8-26-53(47)63-59(41)58)61(51-25-13-29-56-57(51)48-20-5-10-28-55(48)64-56)39-32-30-37(31-33-39)42-21-12-22-46-45-18-4-9-27-54(45)65-60(42)46/h1-36H. The van der Waals surface area contributed by atoms with Crippen LogP contribution in [0.25, 0.3) is 112 Å². The molecule has 0 amide bonds. The van der Waals surface area contributed by atoms with Gasteiger partial charge in [-0.1, -0.05) is 140 Å². The second-order valence-electron chi connectivity index (χ2n) is 16.8. The van der Waals surface area contributed by atoms with E-state index in [4.69, 9.17) is 4.42 Å². The Hall–Kier alpha value is -7.96. The number of rotatable bonds is 6. The minimum Gasteiger partial charge on any atom is -0.455 e. The summed E-state index contributed by atoms with van der Waals surface area (Å²) >= 11 is 3.72. The third-order valence-electron chi connectivity index (χ3n) is 13.2. The van der Waals surface area contributed by atoms with E-state index in [1.54, 1.807) is 0 Å². The molecule has 10 aromatic carbocycles. The Morgan fingerprint density at radius 1 is 0.385 bits per heavy atom. The molecule has 65 heavy (non-hydrogen) atoms. The van der Waals surface area contributed by atoms with Gasteiger partial charge in [0.05, 0.1) is 27.8 Å². The van der Waals surface area contributed by atoms with Crippen molar-refractivity contribution in [2.45, 2.75) is 0 Å². The second-order valence-corrected chi connectivity index (χ2v) is 18.9. The minimum atomic E-state index is 0.862. The number of thiophene rings is 2. The van der Waals surface area contributed by atoms with Crippen LogP contribution in [0.1, 0.15) is 0 Å². The lowest BCUT2D eigenvalue weighted by molar-refractivity contribution is 0.670. The molecule has 304 valence electrons. The van der Waals surface area contributed by atoms with Crippen LogP contribution in [0.15, 0.2) is 223 Å². The zero-order valence-corrected chi connectivity index (χ0v) is 36.5. The average molecular weight is 865 g/mol. The first-order valence-electron chi connectivity index (χ1n) is 22.0. The lowest BCUT2D eigenvalue weighted by atomic mass is 9.98. The van der Waals surface area contributed by atoms with Crippen molar-refractivity contribution >= 4 is 124 Å². The van der Waals surface area contributed by atoms with Crippen LogP contribution in [0.5, 0.6) is 0 Å². The van der Waals surface area contributed by atoms with Gasteiger partial charge in [-0.05, 0) is 95.6 Å². The smallest absolute Gasteiger partial charge is 0.145 e. The van der Waals surface area contributed by atoms with Crippen molar-refractivity contribution in [1.82, 2.24) is 4.57 Å². The molecule has 0 aliphatic rings. The monoisotopic (exact) mass is 864 g/mol. The van der Waals surface area contributed by atoms with Gasteiger partial charge in [0.15, 0.2) is 0 Å². The quantitative estimate of drug-likeness (QED) is 0.166. The predicted octanol–water partition coefficient (Wildman–Crippen LogP) is 18.2. The van der Waals surface area contributed by atoms with Gasteiger partial charge in [0, 0.05) is 73.4 Å². The van der Waals surface area contributed by atoms with Gasteiger partial charge in [-0.25, -0.2) is 0 Å². The molecule has 3 nitrogen and oxygen atoms in total. The van der Waals surface area contributed by atoms with Gasteiger partial charge in [-0.3, -0.25) is 0 Å². The van der Waals surface area contributed by atoms with Crippen molar-refractivity contribution in [2.75, 3.05) is 4.90 Å². The number of hydrogen-bond acceptors (Lipinski definition) is 4. The Kier molecular flexibility index (Phi) is 8.02. The molecule has 0 fully saturated rings. The Morgan fingerprint density at radius 2 is 1.00 bits per heavy atom. The SMILES string of the molecule is c1cc(-c2ccc(N(c3ccc(-c4cccc5c4sc4ccccc45)cc3)c3cccc4sc5ccccc5c34)c3c2oc2ccccc23)cc(-n2c3ccccc3c3ccccc32)c1. The number of hydrogen-bond donors (Lipinski definition) is 0. The lowest BCUT2D eigenvalue weighted by Gasteiger charge is -2.28. The van der Waals surface area contributed by atoms with E-state index in [1.807, 2.05) is 22.7 Å². The Balaban J connectivity index is 0.995. The Morgan fingerprint density at radius 3 is 1.80 bits per heavy atom. The maximum Gasteiger partial charge on any atom is 0.145 e. The predicted molar refractivity (Wildman–Crippen MR) is 279 cm³/mol. The third kappa shape index (κ3) is 5.53. The number of nitrogens with zero attached hydrogens (tertiary/aromatic N) is 2. The van der Waals surface area contributed by atoms with Crippen LogP contribution >= 0.6 is 22.7 Å². The highest BCUT2D eigenvalue weighted by Gasteiger charge is 2.25. The molecule has 0 atom stereocenters. The average Bonchev–Trinajstić information content (AvgIpc) is 4.14. The summed E-state index contributed by atoms with van der Waals surface area (Å²) < 4.78 is 14.6. The van der Waals surface area contributed by atoms with Gasteiger partial charge in [0.2, 0.25) is 0 Å². The number of para-hydroxylation sites is 3. The van der Waals surface area contributed by atoms with Crippen LogP contribution in [0, 0.1) is 0 Å². The van der Waals surface area contributed by atoms with Crippen molar-refractivity contribution in [3.8, 4) is 27.9 Å². The fourth-order valence-electron chi connectivity index (χ4n) is 10.4. The fraction of sp³-hybridized carbons (Fsp3) is 0. The second kappa shape index (κ2) is 14.3. The van der Waals surface area contributed by atoms with E-state index in [9.17, 15) is 0 Å². The van der Waals surface area contributed by atoms with E-state index in [0.717, 1.165) is 55.8 Å². The van der Waals surface area contributed by atoms with Crippen LogP contribution in [0.2, 0.25) is 0 Å². The van der Waals surface area contributed by atoms with Crippen molar-refractivity contribution < 1.29 is 4.42 Å². The van der Waals surface area contributed by atoms with Crippen LogP contribution < -0.4 is 4.90 Å². The molecule has 0 unspecified atom stereocenters. The number of anilines is 3. The highest BCUT2D eigenvalue weighted by molar-refractivity contribution is 7.26. The third-order valence-corrected chi connectivity index (χ3v) is 15.6. The fourth-order valence-corrected chi connectivity index (χ4v) is 12.7. The molecule has 14 aromatic rings. The summed E-state index contributed by atoms with van der Waals surface area (Å²) in [5.74, 6) is 0. The van der Waals surface area contributed by atoms with E-state index in [-0.39, 0.29) is 0 Å². The highest BCUT2D eigenvalue weighted by Crippen LogP contribution is 2.50. The minimum absolute atomic E-state index is 0.862. The first kappa shape index (κ1) is 36.5. The molecule has 4 aromatic heterocycles. The summed E-state index contributed by atoms with van der Waals surface area (Å²) in [6.07, 6.45) is 0. The van der Waals surface area contributed by atoms with Gasteiger partial charge < -0.3 is 13.9 Å². The van der Waals surface area contributed by atoms with Crippen LogP contribution in [-0.2, 0) is 0 Å². The molecule has 0 spiro atoms. The number of aromatic nitrogens is 1. The maximum atomic E-state index is 7.03. The summed E-state index contributed by atoms with van der Waals surface area (Å²) in [5, 5.41) is 9.78. The van der Waals surface area contributed by atoms with Crippen molar-refractivity contribution in [3.05, 3.63) is 218 Å². The van der Waals surface area contributed by atoms with Gasteiger partial charge in [-0.15, -0.1) is 22.7 Å². The Bertz CT molecular complexity index is 4150. The number of fused-ring (bicyclic) bond motifs is 12. The molecule has 0 saturated carbocycles. The van der Waals surface area contributed by atoms with Gasteiger partial charge in [0.25, 0.3) is 0 Å². The molecular weight excluding hydrogens is 829 g/mol. The van der Waals surface area contributed by atoms with E-state index in [0.29, 0.717) is 0 Å². The van der Waals surface area contributed by atoms with E-state index >= 15 is 0 Å². The van der Waals surface area contributed by atoms with Crippen molar-refractivity contribution in [2.24, 2.45) is 0 Å². The summed E-state index contributed by atoms with van der Waals surface area (Å²) in [6, 6.07) is 79.6. The first-order chi connectivity index (χ1) is 32.2. The summed E-state index contributed by atoms with van der Waals surface area (Å²) in [5.41, 5.74) is 13.1. The molecule has 0 aliphatic heterocycles. The molecule has 0 saturated heterocycles. The maximum absolute atomic E-state index is 7.03. The van der Waals surface area contributed by atoms with Crippen LogP contribution in [0.4, 0.5) is 17.1 Å². The van der Waals surface area contributed by atoms with E-state index < -0.39 is 0 Å². The van der Waals surface area contributed by atoms with Crippen LogP contribution in [-0.4, -0.2) is 4.57 Å². The molecule has 0 N–H and O–H groups in total.